The normalized spacial score (nSPS) is 16.3. The zero-order valence-corrected chi connectivity index (χ0v) is 19.8. The molecule has 0 radical (unpaired) electrons. The van der Waals surface area contributed by atoms with Crippen molar-refractivity contribution < 1.29 is 43.2 Å². The van der Waals surface area contributed by atoms with Gasteiger partial charge in [-0.25, -0.2) is 9.78 Å². The summed E-state index contributed by atoms with van der Waals surface area (Å²) in [5, 5.41) is 31.0. The zero-order chi connectivity index (χ0) is 26.8. The maximum absolute atomic E-state index is 13.7. The van der Waals surface area contributed by atoms with E-state index in [1.165, 1.54) is 12.1 Å². The Balaban J connectivity index is 1.98. The molecule has 3 rings (SSSR count). The number of nitrogens with one attached hydrogen (secondary N) is 1. The Hall–Kier alpha value is -3.64. The molecule has 1 aromatic carbocycles. The smallest absolute Gasteiger partial charge is 0.388 e. The maximum atomic E-state index is 13.7. The summed E-state index contributed by atoms with van der Waals surface area (Å²) in [6.45, 7) is 1.71. The lowest BCUT2D eigenvalue weighted by atomic mass is 9.69. The summed E-state index contributed by atoms with van der Waals surface area (Å²) >= 11 is 0. The van der Waals surface area contributed by atoms with Crippen molar-refractivity contribution in [3.8, 4) is 5.88 Å². The summed E-state index contributed by atoms with van der Waals surface area (Å²) < 4.78 is 30.3. The van der Waals surface area contributed by atoms with E-state index in [0.29, 0.717) is 11.3 Å². The second kappa shape index (κ2) is 10.5. The van der Waals surface area contributed by atoms with E-state index >= 15 is 0 Å². The van der Waals surface area contributed by atoms with Crippen molar-refractivity contribution in [1.82, 2.24) is 9.88 Å². The Kier molecular flexibility index (Phi) is 7.89. The number of aryl methyl sites for hydroxylation is 1. The SMILES string of the molecule is Cc1ccc(NC(=O)C2(c3ccccc3C(C)C)CN(C(=O)C(O)C(O)C(=O)O)C2)c(OC(F)F)n1. The number of rotatable bonds is 9. The number of hydrogen-bond donors (Lipinski definition) is 4. The van der Waals surface area contributed by atoms with Crippen LogP contribution in [0.3, 0.4) is 0 Å². The van der Waals surface area contributed by atoms with Crippen LogP contribution in [0, 0.1) is 6.92 Å². The van der Waals surface area contributed by atoms with E-state index in [1.54, 1.807) is 25.1 Å². The van der Waals surface area contributed by atoms with Crippen LogP contribution in [0.15, 0.2) is 36.4 Å². The number of likely N-dealkylation sites (tertiary alicyclic amines) is 1. The molecule has 2 atom stereocenters. The molecule has 0 saturated carbocycles. The molecule has 12 heteroatoms. The van der Waals surface area contributed by atoms with Gasteiger partial charge >= 0.3 is 12.6 Å². The summed E-state index contributed by atoms with van der Waals surface area (Å²) in [7, 11) is 0. The fraction of sp³-hybridized carbons (Fsp3) is 0.417. The van der Waals surface area contributed by atoms with Crippen LogP contribution in [0.4, 0.5) is 14.5 Å². The van der Waals surface area contributed by atoms with Gasteiger partial charge in [0, 0.05) is 18.8 Å². The number of benzene rings is 1. The van der Waals surface area contributed by atoms with E-state index in [4.69, 9.17) is 5.11 Å². The lowest BCUT2D eigenvalue weighted by Crippen LogP contribution is -2.68. The van der Waals surface area contributed by atoms with Gasteiger partial charge in [-0.15, -0.1) is 0 Å². The Morgan fingerprint density at radius 1 is 1.08 bits per heavy atom. The standard InChI is InChI=1S/C24H27F2N3O7/c1-12(2)14-6-4-5-7-15(14)24(10-29(11-24)20(32)17(30)18(31)21(33)34)22(35)28-16-9-8-13(3)27-19(16)36-23(25)26/h4-9,12,17-18,23,30-31H,10-11H2,1-3H3,(H,28,35)(H,33,34). The molecule has 194 valence electrons. The third kappa shape index (κ3) is 5.29. The number of aliphatic carboxylic acids is 1. The molecule has 2 amide bonds. The van der Waals surface area contributed by atoms with Gasteiger partial charge in [0.05, 0.1) is 0 Å². The van der Waals surface area contributed by atoms with Crippen molar-refractivity contribution in [1.29, 1.82) is 0 Å². The average Bonchev–Trinajstić information content (AvgIpc) is 2.78. The van der Waals surface area contributed by atoms with Gasteiger partial charge < -0.3 is 30.3 Å². The molecular formula is C24H27F2N3O7. The van der Waals surface area contributed by atoms with E-state index in [-0.39, 0.29) is 24.7 Å². The second-order valence-electron chi connectivity index (χ2n) is 8.88. The topological polar surface area (TPSA) is 149 Å². The van der Waals surface area contributed by atoms with Crippen LogP contribution in [-0.2, 0) is 19.8 Å². The predicted octanol–water partition coefficient (Wildman–Crippen LogP) is 1.64. The molecule has 36 heavy (non-hydrogen) atoms. The molecule has 2 unspecified atom stereocenters. The van der Waals surface area contributed by atoms with Crippen LogP contribution in [-0.4, -0.2) is 74.9 Å². The quantitative estimate of drug-likeness (QED) is 0.400. The number of anilines is 1. The molecule has 1 saturated heterocycles. The van der Waals surface area contributed by atoms with Crippen LogP contribution in [0.25, 0.3) is 0 Å². The predicted molar refractivity (Wildman–Crippen MR) is 123 cm³/mol. The van der Waals surface area contributed by atoms with Gasteiger partial charge in [0.15, 0.2) is 12.2 Å². The number of aliphatic hydroxyl groups excluding tert-OH is 2. The number of aliphatic hydroxyl groups is 2. The molecule has 0 aliphatic carbocycles. The number of ether oxygens (including phenoxy) is 1. The third-order valence-corrected chi connectivity index (χ3v) is 6.02. The number of aromatic nitrogens is 1. The van der Waals surface area contributed by atoms with Crippen molar-refractivity contribution in [3.63, 3.8) is 0 Å². The van der Waals surface area contributed by atoms with Gasteiger partial charge in [-0.05, 0) is 36.1 Å². The van der Waals surface area contributed by atoms with Gasteiger partial charge in [0.1, 0.15) is 11.1 Å². The molecule has 0 spiro atoms. The van der Waals surface area contributed by atoms with Gasteiger partial charge in [-0.3, -0.25) is 9.59 Å². The third-order valence-electron chi connectivity index (χ3n) is 6.02. The highest BCUT2D eigenvalue weighted by atomic mass is 19.3. The molecule has 1 aliphatic heterocycles. The minimum absolute atomic E-state index is 0.0196. The van der Waals surface area contributed by atoms with E-state index in [0.717, 1.165) is 10.5 Å². The molecule has 2 aromatic rings. The molecule has 1 aliphatic rings. The van der Waals surface area contributed by atoms with Crippen LogP contribution < -0.4 is 10.1 Å². The van der Waals surface area contributed by atoms with Crippen molar-refractivity contribution in [2.24, 2.45) is 0 Å². The number of carboxylic acids is 1. The van der Waals surface area contributed by atoms with E-state index in [9.17, 15) is 33.4 Å². The molecule has 10 nitrogen and oxygen atoms in total. The molecule has 0 bridgehead atoms. The number of carbonyl (C=O) groups excluding carboxylic acids is 2. The first-order valence-corrected chi connectivity index (χ1v) is 11.1. The minimum atomic E-state index is -3.18. The fourth-order valence-electron chi connectivity index (χ4n) is 4.14. The average molecular weight is 507 g/mol. The summed E-state index contributed by atoms with van der Waals surface area (Å²) in [5.74, 6) is -3.97. The van der Waals surface area contributed by atoms with Crippen LogP contribution in [0.1, 0.15) is 36.6 Å². The largest absolute Gasteiger partial charge is 0.479 e. The Morgan fingerprint density at radius 3 is 2.31 bits per heavy atom. The van der Waals surface area contributed by atoms with Gasteiger partial charge in [0.25, 0.3) is 5.91 Å². The number of carbonyl (C=O) groups is 3. The number of amides is 2. The molecule has 2 heterocycles. The van der Waals surface area contributed by atoms with Crippen LogP contribution in [0.2, 0.25) is 0 Å². The zero-order valence-electron chi connectivity index (χ0n) is 19.8. The first kappa shape index (κ1) is 27.0. The maximum Gasteiger partial charge on any atom is 0.388 e. The van der Waals surface area contributed by atoms with Crippen molar-refractivity contribution in [3.05, 3.63) is 53.2 Å². The summed E-state index contributed by atoms with van der Waals surface area (Å²) in [5.41, 5.74) is 0.300. The highest BCUT2D eigenvalue weighted by Crippen LogP contribution is 2.41. The summed E-state index contributed by atoms with van der Waals surface area (Å²) in [4.78, 5) is 42.2. The van der Waals surface area contributed by atoms with E-state index in [2.05, 4.69) is 15.0 Å². The second-order valence-corrected chi connectivity index (χ2v) is 8.88. The van der Waals surface area contributed by atoms with Gasteiger partial charge in [0.2, 0.25) is 11.8 Å². The fourth-order valence-corrected chi connectivity index (χ4v) is 4.14. The molecule has 1 fully saturated rings. The van der Waals surface area contributed by atoms with Crippen molar-refractivity contribution in [2.45, 2.75) is 50.9 Å². The molecule has 1 aromatic heterocycles. The summed E-state index contributed by atoms with van der Waals surface area (Å²) in [6.07, 6.45) is -4.56. The lowest BCUT2D eigenvalue weighted by Gasteiger charge is -2.50. The summed E-state index contributed by atoms with van der Waals surface area (Å²) in [6, 6.07) is 9.90. The number of halogens is 2. The molecular weight excluding hydrogens is 480 g/mol. The van der Waals surface area contributed by atoms with Crippen molar-refractivity contribution >= 4 is 23.5 Å². The molecule has 4 N–H and O–H groups in total. The lowest BCUT2D eigenvalue weighted by molar-refractivity contribution is -0.167. The van der Waals surface area contributed by atoms with Crippen LogP contribution in [0.5, 0.6) is 5.88 Å². The first-order valence-electron chi connectivity index (χ1n) is 11.1. The number of pyridine rings is 1. The Labute approximate surface area is 205 Å². The van der Waals surface area contributed by atoms with Crippen LogP contribution >= 0.6 is 0 Å². The van der Waals surface area contributed by atoms with Gasteiger partial charge in [-0.1, -0.05) is 38.1 Å². The minimum Gasteiger partial charge on any atom is -0.479 e. The number of hydrogen-bond acceptors (Lipinski definition) is 7. The number of nitrogens with zero attached hydrogens (tertiary/aromatic N) is 2. The first-order chi connectivity index (χ1) is 16.9. The monoisotopic (exact) mass is 507 g/mol. The van der Waals surface area contributed by atoms with E-state index < -0.39 is 47.9 Å². The highest BCUT2D eigenvalue weighted by Gasteiger charge is 2.55. The Bertz CT molecular complexity index is 1150. The highest BCUT2D eigenvalue weighted by molar-refractivity contribution is 6.03. The van der Waals surface area contributed by atoms with Gasteiger partial charge in [-0.2, -0.15) is 8.78 Å². The Morgan fingerprint density at radius 2 is 1.72 bits per heavy atom. The number of alkyl halides is 2. The van der Waals surface area contributed by atoms with Crippen molar-refractivity contribution in [2.75, 3.05) is 18.4 Å². The number of carboxylic acid groups (broad SMARTS) is 1. The van der Waals surface area contributed by atoms with E-state index in [1.807, 2.05) is 19.9 Å².